The Morgan fingerprint density at radius 2 is 1.86 bits per heavy atom. The zero-order chi connectivity index (χ0) is 15.6. The average Bonchev–Trinajstić information content (AvgIpc) is 2.87. The number of hydrogen-bond donors (Lipinski definition) is 1. The first kappa shape index (κ1) is 16.0. The van der Waals surface area contributed by atoms with Crippen LogP contribution in [-0.2, 0) is 4.79 Å². The molecule has 1 amide bonds. The van der Waals surface area contributed by atoms with E-state index in [0.717, 1.165) is 13.1 Å². The van der Waals surface area contributed by atoms with Crippen LogP contribution < -0.4 is 5.73 Å². The molecule has 116 valence electrons. The molecule has 21 heavy (non-hydrogen) atoms. The molecule has 0 aromatic heterocycles. The summed E-state index contributed by atoms with van der Waals surface area (Å²) in [5.74, 6) is 0.483. The predicted octanol–water partition coefficient (Wildman–Crippen LogP) is 1.67. The molecule has 4 heteroatoms. The van der Waals surface area contributed by atoms with Crippen molar-refractivity contribution in [1.82, 2.24) is 9.80 Å². The number of nitrogens with zero attached hydrogens (tertiary/aromatic N) is 2. The van der Waals surface area contributed by atoms with Crippen molar-refractivity contribution in [2.24, 2.45) is 5.73 Å². The van der Waals surface area contributed by atoms with Crippen LogP contribution in [0.1, 0.15) is 32.3 Å². The molecule has 1 heterocycles. The maximum Gasteiger partial charge on any atom is 0.239 e. The molecule has 0 bridgehead atoms. The summed E-state index contributed by atoms with van der Waals surface area (Å²) in [6.07, 6.45) is 0. The van der Waals surface area contributed by atoms with Gasteiger partial charge in [0.2, 0.25) is 5.91 Å². The standard InChI is InChI=1S/C17H27N3O/c1-12(2)19(4)17(21)13(3)20-10-15(16(18)11-20)14-8-6-5-7-9-14/h5-9,12-13,15-16H,10-11,18H2,1-4H3/t13?,15-,16+/m0/s1. The monoisotopic (exact) mass is 289 g/mol. The number of nitrogens with two attached hydrogens (primary N) is 1. The van der Waals surface area contributed by atoms with Gasteiger partial charge in [0.15, 0.2) is 0 Å². The zero-order valence-electron chi connectivity index (χ0n) is 13.5. The predicted molar refractivity (Wildman–Crippen MR) is 86.1 cm³/mol. The van der Waals surface area contributed by atoms with Gasteiger partial charge in [-0.15, -0.1) is 0 Å². The summed E-state index contributed by atoms with van der Waals surface area (Å²) >= 11 is 0. The zero-order valence-corrected chi connectivity index (χ0v) is 13.5. The first-order chi connectivity index (χ1) is 9.91. The van der Waals surface area contributed by atoms with E-state index in [-0.39, 0.29) is 24.0 Å². The molecule has 2 rings (SSSR count). The van der Waals surface area contributed by atoms with Gasteiger partial charge in [0.25, 0.3) is 0 Å². The van der Waals surface area contributed by atoms with Crippen LogP contribution in [0.4, 0.5) is 0 Å². The van der Waals surface area contributed by atoms with Gasteiger partial charge in [-0.05, 0) is 26.3 Å². The molecule has 0 saturated carbocycles. The molecule has 1 fully saturated rings. The van der Waals surface area contributed by atoms with E-state index in [1.807, 2.05) is 50.9 Å². The first-order valence-electron chi connectivity index (χ1n) is 7.73. The second-order valence-electron chi connectivity index (χ2n) is 6.35. The van der Waals surface area contributed by atoms with Crippen LogP contribution in [-0.4, -0.2) is 54.0 Å². The van der Waals surface area contributed by atoms with Gasteiger partial charge >= 0.3 is 0 Å². The second kappa shape index (κ2) is 6.58. The van der Waals surface area contributed by atoms with Gasteiger partial charge in [0.1, 0.15) is 0 Å². The number of benzene rings is 1. The van der Waals surface area contributed by atoms with E-state index in [2.05, 4.69) is 17.0 Å². The van der Waals surface area contributed by atoms with Crippen molar-refractivity contribution in [3.8, 4) is 0 Å². The molecule has 1 aromatic rings. The Labute approximate surface area is 127 Å². The number of likely N-dealkylation sites (N-methyl/N-ethyl adjacent to an activating group) is 1. The Morgan fingerprint density at radius 1 is 1.24 bits per heavy atom. The van der Waals surface area contributed by atoms with E-state index in [1.54, 1.807) is 0 Å². The summed E-state index contributed by atoms with van der Waals surface area (Å²) < 4.78 is 0. The van der Waals surface area contributed by atoms with E-state index >= 15 is 0 Å². The summed E-state index contributed by atoms with van der Waals surface area (Å²) in [5.41, 5.74) is 7.58. The lowest BCUT2D eigenvalue weighted by molar-refractivity contribution is -0.136. The molecular formula is C17H27N3O. The largest absolute Gasteiger partial charge is 0.342 e. The van der Waals surface area contributed by atoms with Gasteiger partial charge in [-0.25, -0.2) is 0 Å². The van der Waals surface area contributed by atoms with Crippen LogP contribution >= 0.6 is 0 Å². The van der Waals surface area contributed by atoms with E-state index in [9.17, 15) is 4.79 Å². The Hall–Kier alpha value is -1.39. The number of likely N-dealkylation sites (tertiary alicyclic amines) is 1. The Bertz CT molecular complexity index is 474. The maximum atomic E-state index is 12.5. The van der Waals surface area contributed by atoms with Gasteiger partial charge < -0.3 is 10.6 Å². The third kappa shape index (κ3) is 3.44. The number of rotatable bonds is 4. The molecule has 2 N–H and O–H groups in total. The van der Waals surface area contributed by atoms with Gasteiger partial charge in [0, 0.05) is 38.1 Å². The minimum Gasteiger partial charge on any atom is -0.342 e. The highest BCUT2D eigenvalue weighted by atomic mass is 16.2. The number of hydrogen-bond acceptors (Lipinski definition) is 3. The van der Waals surface area contributed by atoms with Crippen LogP contribution in [0.15, 0.2) is 30.3 Å². The highest BCUT2D eigenvalue weighted by molar-refractivity contribution is 5.81. The highest BCUT2D eigenvalue weighted by Crippen LogP contribution is 2.28. The quantitative estimate of drug-likeness (QED) is 0.917. The minimum absolute atomic E-state index is 0.0898. The first-order valence-corrected chi connectivity index (χ1v) is 7.73. The minimum atomic E-state index is -0.114. The lowest BCUT2D eigenvalue weighted by Gasteiger charge is -2.30. The molecule has 1 aromatic carbocycles. The van der Waals surface area contributed by atoms with Gasteiger partial charge in [-0.1, -0.05) is 30.3 Å². The molecule has 0 radical (unpaired) electrons. The van der Waals surface area contributed by atoms with E-state index in [4.69, 9.17) is 5.73 Å². The highest BCUT2D eigenvalue weighted by Gasteiger charge is 2.36. The molecule has 1 saturated heterocycles. The molecule has 3 atom stereocenters. The Kier molecular flexibility index (Phi) is 5.01. The van der Waals surface area contributed by atoms with Gasteiger partial charge in [-0.2, -0.15) is 0 Å². The fourth-order valence-electron chi connectivity index (χ4n) is 2.94. The number of amides is 1. The molecule has 1 aliphatic heterocycles. The van der Waals surface area contributed by atoms with Crippen molar-refractivity contribution < 1.29 is 4.79 Å². The van der Waals surface area contributed by atoms with Gasteiger partial charge in [-0.3, -0.25) is 9.69 Å². The maximum absolute atomic E-state index is 12.5. The van der Waals surface area contributed by atoms with E-state index in [1.165, 1.54) is 5.56 Å². The molecule has 0 aliphatic carbocycles. The average molecular weight is 289 g/mol. The SMILES string of the molecule is CC(C(=O)N(C)C(C)C)N1C[C@@H](N)[C@H](c2ccccc2)C1. The van der Waals surface area contributed by atoms with Crippen LogP contribution in [0.2, 0.25) is 0 Å². The van der Waals surface area contributed by atoms with Crippen molar-refractivity contribution in [2.45, 2.75) is 44.8 Å². The molecule has 1 unspecified atom stereocenters. The molecule has 0 spiro atoms. The van der Waals surface area contributed by atoms with Crippen molar-refractivity contribution >= 4 is 5.91 Å². The van der Waals surface area contributed by atoms with Crippen LogP contribution in [0.3, 0.4) is 0 Å². The lowest BCUT2D eigenvalue weighted by Crippen LogP contribution is -2.47. The third-order valence-corrected chi connectivity index (χ3v) is 4.65. The fraction of sp³-hybridized carbons (Fsp3) is 0.588. The van der Waals surface area contributed by atoms with Gasteiger partial charge in [0.05, 0.1) is 6.04 Å². The lowest BCUT2D eigenvalue weighted by atomic mass is 9.95. The summed E-state index contributed by atoms with van der Waals surface area (Å²) in [5, 5.41) is 0. The summed E-state index contributed by atoms with van der Waals surface area (Å²) in [6, 6.07) is 10.6. The number of carbonyl (C=O) groups is 1. The summed E-state index contributed by atoms with van der Waals surface area (Å²) in [7, 11) is 1.87. The van der Waals surface area contributed by atoms with Crippen molar-refractivity contribution in [2.75, 3.05) is 20.1 Å². The molecular weight excluding hydrogens is 262 g/mol. The number of carbonyl (C=O) groups excluding carboxylic acids is 1. The Balaban J connectivity index is 2.05. The topological polar surface area (TPSA) is 49.6 Å². The van der Waals surface area contributed by atoms with Crippen LogP contribution in [0.5, 0.6) is 0 Å². The van der Waals surface area contributed by atoms with Crippen LogP contribution in [0.25, 0.3) is 0 Å². The molecule has 4 nitrogen and oxygen atoms in total. The van der Waals surface area contributed by atoms with E-state index < -0.39 is 0 Å². The smallest absolute Gasteiger partial charge is 0.239 e. The summed E-state index contributed by atoms with van der Waals surface area (Å²) in [4.78, 5) is 16.5. The van der Waals surface area contributed by atoms with Crippen molar-refractivity contribution in [3.05, 3.63) is 35.9 Å². The van der Waals surface area contributed by atoms with Crippen molar-refractivity contribution in [3.63, 3.8) is 0 Å². The molecule has 1 aliphatic rings. The second-order valence-corrected chi connectivity index (χ2v) is 6.35. The third-order valence-electron chi connectivity index (χ3n) is 4.65. The fourth-order valence-corrected chi connectivity index (χ4v) is 2.94. The van der Waals surface area contributed by atoms with E-state index in [0.29, 0.717) is 5.92 Å². The Morgan fingerprint density at radius 3 is 2.43 bits per heavy atom. The normalized spacial score (nSPS) is 24.3. The van der Waals surface area contributed by atoms with Crippen LogP contribution in [0, 0.1) is 0 Å². The van der Waals surface area contributed by atoms with Crippen molar-refractivity contribution in [1.29, 1.82) is 0 Å². The summed E-state index contributed by atoms with van der Waals surface area (Å²) in [6.45, 7) is 7.68.